The zero-order valence-corrected chi connectivity index (χ0v) is 14.7. The van der Waals surface area contributed by atoms with Crippen molar-refractivity contribution in [2.45, 2.75) is 26.2 Å². The Labute approximate surface area is 157 Å². The molecule has 2 N–H and O–H groups in total. The number of benzene rings is 1. The molecule has 2 rings (SSSR count). The van der Waals surface area contributed by atoms with Crippen molar-refractivity contribution in [3.8, 4) is 5.69 Å². The van der Waals surface area contributed by atoms with Gasteiger partial charge >= 0.3 is 12.4 Å². The molecule has 0 radical (unpaired) electrons. The highest BCUT2D eigenvalue weighted by Gasteiger charge is 2.38. The Morgan fingerprint density at radius 2 is 1.76 bits per heavy atom. The highest BCUT2D eigenvalue weighted by Crippen LogP contribution is 2.29. The summed E-state index contributed by atoms with van der Waals surface area (Å²) in [5.74, 6) is -5.74. The van der Waals surface area contributed by atoms with Crippen molar-refractivity contribution in [1.82, 2.24) is 20.1 Å². The second-order valence-corrected chi connectivity index (χ2v) is 5.77. The molecule has 2 amide bonds. The molecule has 0 saturated heterocycles. The molecule has 158 valence electrons. The normalized spacial score (nSPS) is 12.0. The Morgan fingerprint density at radius 1 is 1.14 bits per heavy atom. The lowest BCUT2D eigenvalue weighted by molar-refractivity contribution is -0.144. The third-order valence-corrected chi connectivity index (χ3v) is 3.36. The number of halogens is 7. The maximum Gasteiger partial charge on any atom is 0.453 e. The molecule has 0 aliphatic heterocycles. The van der Waals surface area contributed by atoms with E-state index in [1.807, 2.05) is 5.32 Å². The smallest absolute Gasteiger partial charge is 0.343 e. The number of aryl methyl sites for hydroxylation is 1. The third-order valence-electron chi connectivity index (χ3n) is 3.36. The first kappa shape index (κ1) is 22.1. The van der Waals surface area contributed by atoms with Crippen molar-refractivity contribution in [3.05, 3.63) is 34.9 Å². The van der Waals surface area contributed by atoms with Gasteiger partial charge < -0.3 is 5.32 Å². The first-order valence-corrected chi connectivity index (χ1v) is 7.66. The van der Waals surface area contributed by atoms with Gasteiger partial charge in [0.1, 0.15) is 18.0 Å². The SMILES string of the molecule is CC(=O)Nc1nc(C(F)(F)F)nn1-c1cc(C(=O)NCC(F)(F)F)c(C)cc1F. The van der Waals surface area contributed by atoms with E-state index >= 15 is 0 Å². The average molecular weight is 427 g/mol. The molecule has 0 aliphatic rings. The number of amides is 2. The van der Waals surface area contributed by atoms with Crippen LogP contribution in [0.15, 0.2) is 12.1 Å². The summed E-state index contributed by atoms with van der Waals surface area (Å²) in [5, 5.41) is 6.60. The van der Waals surface area contributed by atoms with Crippen molar-refractivity contribution in [2.75, 3.05) is 11.9 Å². The fourth-order valence-corrected chi connectivity index (χ4v) is 2.18. The van der Waals surface area contributed by atoms with Gasteiger partial charge in [0, 0.05) is 12.5 Å². The van der Waals surface area contributed by atoms with E-state index in [1.54, 1.807) is 5.32 Å². The zero-order valence-electron chi connectivity index (χ0n) is 14.7. The zero-order chi connectivity index (χ0) is 22.1. The lowest BCUT2D eigenvalue weighted by Gasteiger charge is -2.13. The largest absolute Gasteiger partial charge is 0.453 e. The number of carbonyl (C=O) groups excluding carboxylic acids is 2. The molecule has 1 aromatic carbocycles. The van der Waals surface area contributed by atoms with E-state index in [4.69, 9.17) is 0 Å². The molecule has 7 nitrogen and oxygen atoms in total. The first-order chi connectivity index (χ1) is 13.2. The predicted octanol–water partition coefficient (Wildman–Crippen LogP) is 2.98. The fourth-order valence-electron chi connectivity index (χ4n) is 2.18. The summed E-state index contributed by atoms with van der Waals surface area (Å²) < 4.78 is 90.2. The van der Waals surface area contributed by atoms with Gasteiger partial charge in [-0.15, -0.1) is 5.10 Å². The first-order valence-electron chi connectivity index (χ1n) is 7.66. The van der Waals surface area contributed by atoms with Crippen molar-refractivity contribution in [1.29, 1.82) is 0 Å². The molecule has 1 heterocycles. The van der Waals surface area contributed by atoms with E-state index in [1.165, 1.54) is 6.92 Å². The van der Waals surface area contributed by atoms with Gasteiger partial charge in [-0.3, -0.25) is 14.9 Å². The molecule has 0 atom stereocenters. The molecule has 0 saturated carbocycles. The Kier molecular flexibility index (Phi) is 5.85. The monoisotopic (exact) mass is 427 g/mol. The molecule has 1 aromatic heterocycles. The Balaban J connectivity index is 2.56. The summed E-state index contributed by atoms with van der Waals surface area (Å²) in [7, 11) is 0. The number of anilines is 1. The predicted molar refractivity (Wildman–Crippen MR) is 83.7 cm³/mol. The van der Waals surface area contributed by atoms with Gasteiger partial charge in [0.2, 0.25) is 11.9 Å². The minimum Gasteiger partial charge on any atom is -0.343 e. The van der Waals surface area contributed by atoms with Crippen LogP contribution in [0, 0.1) is 12.7 Å². The van der Waals surface area contributed by atoms with Gasteiger partial charge in [0.05, 0.1) is 0 Å². The summed E-state index contributed by atoms with van der Waals surface area (Å²) >= 11 is 0. The minimum absolute atomic E-state index is 0.0804. The number of rotatable bonds is 4. The summed E-state index contributed by atoms with van der Waals surface area (Å²) in [6.45, 7) is 0.497. The van der Waals surface area contributed by atoms with E-state index in [0.717, 1.165) is 13.0 Å². The summed E-state index contributed by atoms with van der Waals surface area (Å²) in [5.41, 5.74) is -1.26. The fraction of sp³-hybridized carbons (Fsp3) is 0.333. The molecule has 0 spiro atoms. The highest BCUT2D eigenvalue weighted by atomic mass is 19.4. The van der Waals surface area contributed by atoms with Crippen LogP contribution in [0.4, 0.5) is 36.7 Å². The van der Waals surface area contributed by atoms with Crippen LogP contribution >= 0.6 is 0 Å². The Bertz CT molecular complexity index is 950. The molecule has 2 aromatic rings. The van der Waals surface area contributed by atoms with E-state index in [2.05, 4.69) is 10.1 Å². The van der Waals surface area contributed by atoms with E-state index in [9.17, 15) is 40.3 Å². The van der Waals surface area contributed by atoms with Gasteiger partial charge in [-0.05, 0) is 24.6 Å². The number of alkyl halides is 6. The maximum atomic E-state index is 14.4. The van der Waals surface area contributed by atoms with Gasteiger partial charge in [-0.25, -0.2) is 4.39 Å². The molecular weight excluding hydrogens is 415 g/mol. The van der Waals surface area contributed by atoms with Crippen molar-refractivity contribution in [3.63, 3.8) is 0 Å². The maximum absolute atomic E-state index is 14.4. The van der Waals surface area contributed by atoms with Gasteiger partial charge in [0.25, 0.3) is 11.7 Å². The molecule has 0 fully saturated rings. The van der Waals surface area contributed by atoms with Gasteiger partial charge in [0.15, 0.2) is 0 Å². The second kappa shape index (κ2) is 7.67. The molecule has 0 aliphatic carbocycles. The number of hydrogen-bond donors (Lipinski definition) is 2. The van der Waals surface area contributed by atoms with Gasteiger partial charge in [-0.2, -0.15) is 36.0 Å². The number of nitrogens with zero attached hydrogens (tertiary/aromatic N) is 3. The molecular formula is C15H12F7N5O2. The van der Waals surface area contributed by atoms with Crippen LogP contribution in [0.25, 0.3) is 5.69 Å². The average Bonchev–Trinajstić information content (AvgIpc) is 2.95. The van der Waals surface area contributed by atoms with Gasteiger partial charge in [-0.1, -0.05) is 0 Å². The van der Waals surface area contributed by atoms with Crippen LogP contribution in [0.1, 0.15) is 28.7 Å². The van der Waals surface area contributed by atoms with Crippen LogP contribution in [0.3, 0.4) is 0 Å². The number of hydrogen-bond acceptors (Lipinski definition) is 4. The second-order valence-electron chi connectivity index (χ2n) is 5.77. The van der Waals surface area contributed by atoms with E-state index < -0.39 is 59.6 Å². The van der Waals surface area contributed by atoms with Crippen molar-refractivity contribution >= 4 is 17.8 Å². The lowest BCUT2D eigenvalue weighted by Crippen LogP contribution is -2.34. The Morgan fingerprint density at radius 3 is 2.28 bits per heavy atom. The quantitative estimate of drug-likeness (QED) is 0.735. The molecule has 0 unspecified atom stereocenters. The van der Waals surface area contributed by atoms with E-state index in [0.29, 0.717) is 10.7 Å². The van der Waals surface area contributed by atoms with Crippen molar-refractivity contribution < 1.29 is 40.3 Å². The molecule has 29 heavy (non-hydrogen) atoms. The lowest BCUT2D eigenvalue weighted by atomic mass is 10.1. The number of aromatic nitrogens is 3. The van der Waals surface area contributed by atoms with Crippen LogP contribution in [0.2, 0.25) is 0 Å². The van der Waals surface area contributed by atoms with Crippen LogP contribution in [-0.2, 0) is 11.0 Å². The van der Waals surface area contributed by atoms with E-state index in [-0.39, 0.29) is 5.56 Å². The summed E-state index contributed by atoms with van der Waals surface area (Å²) in [6.07, 6.45) is -9.74. The number of nitrogens with one attached hydrogen (secondary N) is 2. The number of carbonyl (C=O) groups is 2. The Hall–Kier alpha value is -3.19. The van der Waals surface area contributed by atoms with Crippen LogP contribution in [0.5, 0.6) is 0 Å². The standard InChI is InChI=1S/C15H12F7N5O2/c1-6-3-9(16)10(4-8(6)11(29)23-5-14(17,18)19)27-13(24-7(2)28)25-12(26-27)15(20,21)22/h3-4H,5H2,1-2H3,(H,23,29)(H,24,25,26,28). The topological polar surface area (TPSA) is 88.9 Å². The highest BCUT2D eigenvalue weighted by molar-refractivity contribution is 5.96. The van der Waals surface area contributed by atoms with Crippen LogP contribution < -0.4 is 10.6 Å². The van der Waals surface area contributed by atoms with Crippen molar-refractivity contribution in [2.24, 2.45) is 0 Å². The summed E-state index contributed by atoms with van der Waals surface area (Å²) in [6, 6.07) is 1.43. The third kappa shape index (κ3) is 5.42. The van der Waals surface area contributed by atoms with Crippen LogP contribution in [-0.4, -0.2) is 39.3 Å². The summed E-state index contributed by atoms with van der Waals surface area (Å²) in [4.78, 5) is 26.3. The molecule has 0 bridgehead atoms. The molecule has 14 heteroatoms. The minimum atomic E-state index is -5.04.